The lowest BCUT2D eigenvalue weighted by molar-refractivity contribution is 0.818. The number of aryl methyl sites for hydroxylation is 4. The standard InChI is InChI=1S/C34H39N3/c1-21(2)27-13-10-14-28(22(3)4)34(27)37-20-36(32-19-23(5)15-17-31(32)37)30-18-16-29(35-26(30)8)33-24(6)11-9-12-25(33)7/h9-19,21-22H,20H2,1-8H3. The van der Waals surface area contributed by atoms with E-state index in [0.29, 0.717) is 11.8 Å². The number of nitrogens with zero attached hydrogens (tertiary/aromatic N) is 3. The molecule has 0 bridgehead atoms. The molecule has 1 aromatic heterocycles. The fourth-order valence-electron chi connectivity index (χ4n) is 5.79. The highest BCUT2D eigenvalue weighted by Crippen LogP contribution is 2.49. The first-order valence-electron chi connectivity index (χ1n) is 13.5. The maximum Gasteiger partial charge on any atom is 0.100 e. The summed E-state index contributed by atoms with van der Waals surface area (Å²) in [7, 11) is 0. The van der Waals surface area contributed by atoms with Crippen LogP contribution in [0.2, 0.25) is 0 Å². The Morgan fingerprint density at radius 1 is 0.649 bits per heavy atom. The summed E-state index contributed by atoms with van der Waals surface area (Å²) in [5.74, 6) is 0.883. The first-order valence-corrected chi connectivity index (χ1v) is 13.5. The van der Waals surface area contributed by atoms with Crippen LogP contribution in [0.25, 0.3) is 11.3 Å². The third-order valence-electron chi connectivity index (χ3n) is 7.69. The third-order valence-corrected chi connectivity index (χ3v) is 7.69. The summed E-state index contributed by atoms with van der Waals surface area (Å²) in [6, 6.07) is 24.6. The highest BCUT2D eigenvalue weighted by molar-refractivity contribution is 5.89. The number of rotatable bonds is 5. The summed E-state index contributed by atoms with van der Waals surface area (Å²) in [5, 5.41) is 0. The summed E-state index contributed by atoms with van der Waals surface area (Å²) in [6.07, 6.45) is 0. The molecule has 3 aromatic carbocycles. The van der Waals surface area contributed by atoms with Crippen LogP contribution < -0.4 is 9.80 Å². The maximum atomic E-state index is 5.13. The van der Waals surface area contributed by atoms with Gasteiger partial charge in [0, 0.05) is 11.3 Å². The van der Waals surface area contributed by atoms with Crippen LogP contribution in [0.4, 0.5) is 22.7 Å². The van der Waals surface area contributed by atoms with Crippen molar-refractivity contribution < 1.29 is 0 Å². The molecule has 3 nitrogen and oxygen atoms in total. The van der Waals surface area contributed by atoms with E-state index in [1.165, 1.54) is 50.4 Å². The Morgan fingerprint density at radius 2 is 1.24 bits per heavy atom. The Labute approximate surface area is 222 Å². The van der Waals surface area contributed by atoms with Gasteiger partial charge in [-0.05, 0) is 91.6 Å². The van der Waals surface area contributed by atoms with E-state index in [-0.39, 0.29) is 0 Å². The molecule has 0 spiro atoms. The number of para-hydroxylation sites is 1. The van der Waals surface area contributed by atoms with Crippen molar-refractivity contribution in [2.45, 2.75) is 67.2 Å². The van der Waals surface area contributed by atoms with Crippen LogP contribution in [0.1, 0.15) is 73.0 Å². The lowest BCUT2D eigenvalue weighted by Crippen LogP contribution is -2.26. The van der Waals surface area contributed by atoms with Gasteiger partial charge in [0.05, 0.1) is 28.5 Å². The van der Waals surface area contributed by atoms with Crippen molar-refractivity contribution in [3.05, 3.63) is 100 Å². The van der Waals surface area contributed by atoms with Gasteiger partial charge in [-0.2, -0.15) is 0 Å². The molecule has 0 fully saturated rings. The van der Waals surface area contributed by atoms with Crippen molar-refractivity contribution in [1.29, 1.82) is 0 Å². The number of fused-ring (bicyclic) bond motifs is 1. The molecule has 0 aliphatic carbocycles. The molecule has 4 aromatic rings. The average molecular weight is 490 g/mol. The van der Waals surface area contributed by atoms with Gasteiger partial charge in [0.1, 0.15) is 6.67 Å². The Hall–Kier alpha value is -3.59. The molecule has 2 heterocycles. The molecule has 0 saturated carbocycles. The monoisotopic (exact) mass is 489 g/mol. The van der Waals surface area contributed by atoms with Gasteiger partial charge in [0.25, 0.3) is 0 Å². The Bertz CT molecular complexity index is 1420. The molecule has 37 heavy (non-hydrogen) atoms. The first-order chi connectivity index (χ1) is 17.7. The van der Waals surface area contributed by atoms with E-state index < -0.39 is 0 Å². The molecule has 3 heteroatoms. The molecule has 0 unspecified atom stereocenters. The number of benzene rings is 3. The van der Waals surface area contributed by atoms with E-state index in [9.17, 15) is 0 Å². The van der Waals surface area contributed by atoms with Gasteiger partial charge >= 0.3 is 0 Å². The predicted molar refractivity (Wildman–Crippen MR) is 159 cm³/mol. The topological polar surface area (TPSA) is 19.4 Å². The molecule has 0 amide bonds. The van der Waals surface area contributed by atoms with Gasteiger partial charge in [-0.1, -0.05) is 70.2 Å². The zero-order chi connectivity index (χ0) is 26.4. The fourth-order valence-corrected chi connectivity index (χ4v) is 5.79. The largest absolute Gasteiger partial charge is 0.320 e. The van der Waals surface area contributed by atoms with Crippen LogP contribution in [0, 0.1) is 27.7 Å². The number of aromatic nitrogens is 1. The third kappa shape index (κ3) is 4.41. The molecule has 0 atom stereocenters. The lowest BCUT2D eigenvalue weighted by atomic mass is 9.92. The van der Waals surface area contributed by atoms with Crippen LogP contribution in [-0.2, 0) is 0 Å². The van der Waals surface area contributed by atoms with Gasteiger partial charge in [0.15, 0.2) is 0 Å². The molecule has 190 valence electrons. The summed E-state index contributed by atoms with van der Waals surface area (Å²) in [4.78, 5) is 10.1. The second kappa shape index (κ2) is 9.70. The Balaban J connectivity index is 1.64. The molecule has 0 saturated heterocycles. The summed E-state index contributed by atoms with van der Waals surface area (Å²) in [5.41, 5.74) is 15.0. The fraction of sp³-hybridized carbons (Fsp3) is 0.324. The highest BCUT2D eigenvalue weighted by Gasteiger charge is 2.32. The number of pyridine rings is 1. The van der Waals surface area contributed by atoms with Crippen molar-refractivity contribution in [3.8, 4) is 11.3 Å². The molecule has 0 N–H and O–H groups in total. The zero-order valence-corrected chi connectivity index (χ0v) is 23.6. The lowest BCUT2D eigenvalue weighted by Gasteiger charge is -2.29. The molecule has 5 rings (SSSR count). The van der Waals surface area contributed by atoms with E-state index in [2.05, 4.69) is 132 Å². The minimum Gasteiger partial charge on any atom is -0.320 e. The van der Waals surface area contributed by atoms with Crippen molar-refractivity contribution in [3.63, 3.8) is 0 Å². The van der Waals surface area contributed by atoms with Crippen molar-refractivity contribution in [2.24, 2.45) is 0 Å². The molecule has 0 radical (unpaired) electrons. The molecule has 1 aliphatic rings. The average Bonchev–Trinajstić information content (AvgIpc) is 3.21. The van der Waals surface area contributed by atoms with Crippen LogP contribution in [0.15, 0.2) is 66.7 Å². The molecular formula is C34H39N3. The quantitative estimate of drug-likeness (QED) is 0.278. The van der Waals surface area contributed by atoms with Crippen molar-refractivity contribution >= 4 is 22.7 Å². The normalized spacial score (nSPS) is 13.1. The molecular weight excluding hydrogens is 450 g/mol. The van der Waals surface area contributed by atoms with Crippen LogP contribution in [-0.4, -0.2) is 11.7 Å². The van der Waals surface area contributed by atoms with E-state index >= 15 is 0 Å². The van der Waals surface area contributed by atoms with E-state index in [1.54, 1.807) is 0 Å². The summed E-state index contributed by atoms with van der Waals surface area (Å²) >= 11 is 0. The molecule has 1 aliphatic heterocycles. The number of hydrogen-bond donors (Lipinski definition) is 0. The van der Waals surface area contributed by atoms with Gasteiger partial charge in [-0.25, -0.2) is 0 Å². The second-order valence-corrected chi connectivity index (χ2v) is 11.2. The predicted octanol–water partition coefficient (Wildman–Crippen LogP) is 9.48. The summed E-state index contributed by atoms with van der Waals surface area (Å²) < 4.78 is 0. The number of hydrogen-bond acceptors (Lipinski definition) is 3. The van der Waals surface area contributed by atoms with E-state index in [0.717, 1.165) is 23.7 Å². The van der Waals surface area contributed by atoms with Crippen LogP contribution in [0.3, 0.4) is 0 Å². The van der Waals surface area contributed by atoms with Gasteiger partial charge in [0.2, 0.25) is 0 Å². The Morgan fingerprint density at radius 3 is 1.84 bits per heavy atom. The van der Waals surface area contributed by atoms with E-state index in [4.69, 9.17) is 4.98 Å². The van der Waals surface area contributed by atoms with Crippen LogP contribution in [0.5, 0.6) is 0 Å². The number of anilines is 4. The zero-order valence-electron chi connectivity index (χ0n) is 23.6. The van der Waals surface area contributed by atoms with Gasteiger partial charge < -0.3 is 9.80 Å². The smallest absolute Gasteiger partial charge is 0.100 e. The van der Waals surface area contributed by atoms with Gasteiger partial charge in [-0.3, -0.25) is 4.98 Å². The van der Waals surface area contributed by atoms with Crippen LogP contribution >= 0.6 is 0 Å². The Kier molecular flexibility index (Phi) is 6.58. The maximum absolute atomic E-state index is 5.13. The minimum absolute atomic E-state index is 0.441. The van der Waals surface area contributed by atoms with Gasteiger partial charge in [-0.15, -0.1) is 0 Å². The van der Waals surface area contributed by atoms with Crippen molar-refractivity contribution in [1.82, 2.24) is 4.98 Å². The highest BCUT2D eigenvalue weighted by atomic mass is 15.4. The first kappa shape index (κ1) is 25.1. The summed E-state index contributed by atoms with van der Waals surface area (Å²) in [6.45, 7) is 18.6. The minimum atomic E-state index is 0.441. The second-order valence-electron chi connectivity index (χ2n) is 11.2. The SMILES string of the molecule is Cc1ccc2c(c1)N(c1ccc(-c3c(C)cccc3C)nc1C)CN2c1c(C(C)C)cccc1C(C)C. The van der Waals surface area contributed by atoms with Crippen molar-refractivity contribution in [2.75, 3.05) is 16.5 Å². The van der Waals surface area contributed by atoms with E-state index in [1.807, 2.05) is 0 Å².